The number of anilines is 1. The zero-order chi connectivity index (χ0) is 18.4. The number of hydrogen-bond acceptors (Lipinski definition) is 8. The summed E-state index contributed by atoms with van der Waals surface area (Å²) in [6, 6.07) is 2.29. The number of H-pyrrole nitrogens is 1. The van der Waals surface area contributed by atoms with Crippen molar-refractivity contribution >= 4 is 17.8 Å². The van der Waals surface area contributed by atoms with Crippen LogP contribution >= 0.6 is 0 Å². The third-order valence-corrected chi connectivity index (χ3v) is 3.28. The molecule has 132 valence electrons. The van der Waals surface area contributed by atoms with Crippen molar-refractivity contribution in [3.8, 4) is 6.07 Å². The van der Waals surface area contributed by atoms with Gasteiger partial charge in [-0.15, -0.1) is 0 Å². The van der Waals surface area contributed by atoms with Gasteiger partial charge in [0.1, 0.15) is 28.7 Å². The normalized spacial score (nSPS) is 11.4. The van der Waals surface area contributed by atoms with E-state index in [0.29, 0.717) is 5.76 Å². The summed E-state index contributed by atoms with van der Waals surface area (Å²) >= 11 is 0. The Morgan fingerprint density at radius 3 is 2.76 bits per heavy atom. The molecule has 0 aliphatic heterocycles. The van der Waals surface area contributed by atoms with Crippen molar-refractivity contribution in [2.75, 3.05) is 18.5 Å². The van der Waals surface area contributed by atoms with Crippen LogP contribution in [0.4, 0.5) is 5.82 Å². The number of nitrogens with one attached hydrogen (secondary N) is 2. The fourth-order valence-corrected chi connectivity index (χ4v) is 2.15. The number of esters is 2. The molecule has 0 bridgehead atoms. The molecule has 0 spiro atoms. The molecule has 0 aromatic carbocycles. The van der Waals surface area contributed by atoms with Gasteiger partial charge in [-0.2, -0.15) is 10.4 Å². The van der Waals surface area contributed by atoms with E-state index in [1.165, 1.54) is 12.3 Å². The van der Waals surface area contributed by atoms with Gasteiger partial charge in [0.25, 0.3) is 0 Å². The lowest BCUT2D eigenvalue weighted by molar-refractivity contribution is -0.144. The van der Waals surface area contributed by atoms with Gasteiger partial charge in [-0.25, -0.2) is 9.59 Å². The molecule has 1 atom stereocenters. The third kappa shape index (κ3) is 3.98. The highest BCUT2D eigenvalue weighted by Gasteiger charge is 2.29. The van der Waals surface area contributed by atoms with E-state index < -0.39 is 18.0 Å². The zero-order valence-corrected chi connectivity index (χ0v) is 14.1. The van der Waals surface area contributed by atoms with Gasteiger partial charge in [-0.05, 0) is 26.8 Å². The van der Waals surface area contributed by atoms with Crippen LogP contribution in [0.2, 0.25) is 0 Å². The summed E-state index contributed by atoms with van der Waals surface area (Å²) in [5.41, 5.74) is 0.443. The fraction of sp³-hybridized carbons (Fsp3) is 0.375. The molecule has 0 saturated heterocycles. The molecule has 0 amide bonds. The number of ether oxygens (including phenoxy) is 2. The number of furan rings is 1. The Kier molecular flexibility index (Phi) is 5.79. The SMILES string of the molecule is CCOC(=O)c1cc(C(Nc2n[nH]cc2C#N)C(=O)OCC)oc1C. The number of aromatic nitrogens is 2. The van der Waals surface area contributed by atoms with E-state index in [2.05, 4.69) is 15.5 Å². The average molecular weight is 346 g/mol. The number of rotatable bonds is 7. The number of carbonyl (C=O) groups excluding carboxylic acids is 2. The maximum atomic E-state index is 12.3. The van der Waals surface area contributed by atoms with Gasteiger partial charge < -0.3 is 19.2 Å². The van der Waals surface area contributed by atoms with Crippen LogP contribution in [0.25, 0.3) is 0 Å². The van der Waals surface area contributed by atoms with E-state index in [1.807, 2.05) is 6.07 Å². The lowest BCUT2D eigenvalue weighted by atomic mass is 10.1. The number of nitrogens with zero attached hydrogens (tertiary/aromatic N) is 2. The van der Waals surface area contributed by atoms with E-state index in [1.54, 1.807) is 20.8 Å². The van der Waals surface area contributed by atoms with Crippen molar-refractivity contribution in [3.63, 3.8) is 0 Å². The van der Waals surface area contributed by atoms with E-state index >= 15 is 0 Å². The molecule has 0 aliphatic rings. The molecule has 2 N–H and O–H groups in total. The molecule has 0 radical (unpaired) electrons. The topological polar surface area (TPSA) is 130 Å². The van der Waals surface area contributed by atoms with Crippen LogP contribution < -0.4 is 5.32 Å². The van der Waals surface area contributed by atoms with Gasteiger partial charge >= 0.3 is 11.9 Å². The second kappa shape index (κ2) is 8.01. The minimum atomic E-state index is -1.07. The van der Waals surface area contributed by atoms with Crippen LogP contribution in [0.5, 0.6) is 0 Å². The minimum absolute atomic E-state index is 0.158. The summed E-state index contributed by atoms with van der Waals surface area (Å²) in [5, 5.41) is 18.3. The van der Waals surface area contributed by atoms with Crippen molar-refractivity contribution < 1.29 is 23.5 Å². The summed E-state index contributed by atoms with van der Waals surface area (Å²) in [6.07, 6.45) is 1.39. The number of nitriles is 1. The highest BCUT2D eigenvalue weighted by atomic mass is 16.5. The first-order valence-corrected chi connectivity index (χ1v) is 7.66. The van der Waals surface area contributed by atoms with Crippen molar-refractivity contribution in [2.24, 2.45) is 0 Å². The van der Waals surface area contributed by atoms with Gasteiger partial charge in [0.2, 0.25) is 0 Å². The van der Waals surface area contributed by atoms with E-state index in [0.717, 1.165) is 0 Å². The van der Waals surface area contributed by atoms with Gasteiger partial charge in [0.15, 0.2) is 11.9 Å². The van der Waals surface area contributed by atoms with E-state index in [4.69, 9.17) is 19.2 Å². The predicted molar refractivity (Wildman–Crippen MR) is 85.7 cm³/mol. The van der Waals surface area contributed by atoms with Crippen LogP contribution in [0.3, 0.4) is 0 Å². The monoisotopic (exact) mass is 346 g/mol. The molecule has 1 unspecified atom stereocenters. The lowest BCUT2D eigenvalue weighted by Crippen LogP contribution is -2.23. The summed E-state index contributed by atoms with van der Waals surface area (Å²) < 4.78 is 15.5. The molecule has 2 aromatic rings. The minimum Gasteiger partial charge on any atom is -0.464 e. The van der Waals surface area contributed by atoms with E-state index in [-0.39, 0.29) is 35.9 Å². The van der Waals surface area contributed by atoms with Crippen molar-refractivity contribution in [1.82, 2.24) is 10.2 Å². The Bertz CT molecular complexity index is 802. The van der Waals surface area contributed by atoms with Gasteiger partial charge in [0.05, 0.1) is 13.2 Å². The molecule has 0 saturated carbocycles. The first-order chi connectivity index (χ1) is 12.0. The summed E-state index contributed by atoms with van der Waals surface area (Å²) in [7, 11) is 0. The molecule has 9 heteroatoms. The maximum Gasteiger partial charge on any atom is 0.341 e. The first-order valence-electron chi connectivity index (χ1n) is 7.66. The molecule has 9 nitrogen and oxygen atoms in total. The highest BCUT2D eigenvalue weighted by molar-refractivity contribution is 5.91. The maximum absolute atomic E-state index is 12.3. The number of carbonyl (C=O) groups is 2. The van der Waals surface area contributed by atoms with Crippen molar-refractivity contribution in [3.05, 3.63) is 34.9 Å². The Labute approximate surface area is 143 Å². The molecule has 2 aromatic heterocycles. The number of aryl methyl sites for hydroxylation is 1. The fourth-order valence-electron chi connectivity index (χ4n) is 2.15. The summed E-state index contributed by atoms with van der Waals surface area (Å²) in [5.74, 6) is -0.529. The Balaban J connectivity index is 2.36. The second-order valence-corrected chi connectivity index (χ2v) is 4.93. The third-order valence-electron chi connectivity index (χ3n) is 3.28. The first kappa shape index (κ1) is 18.1. The summed E-state index contributed by atoms with van der Waals surface area (Å²) in [6.45, 7) is 5.33. The largest absolute Gasteiger partial charge is 0.464 e. The molecule has 2 heterocycles. The van der Waals surface area contributed by atoms with Crippen LogP contribution in [0, 0.1) is 18.3 Å². The van der Waals surface area contributed by atoms with Gasteiger partial charge in [-0.1, -0.05) is 0 Å². The molecular weight excluding hydrogens is 328 g/mol. The van der Waals surface area contributed by atoms with Crippen LogP contribution in [0.15, 0.2) is 16.7 Å². The Morgan fingerprint density at radius 2 is 2.12 bits per heavy atom. The number of hydrogen-bond donors (Lipinski definition) is 2. The van der Waals surface area contributed by atoms with Gasteiger partial charge in [-0.3, -0.25) is 5.10 Å². The summed E-state index contributed by atoms with van der Waals surface area (Å²) in [4.78, 5) is 24.2. The highest BCUT2D eigenvalue weighted by Crippen LogP contribution is 2.26. The predicted octanol–water partition coefficient (Wildman–Crippen LogP) is 2.08. The van der Waals surface area contributed by atoms with E-state index in [9.17, 15) is 9.59 Å². The molecule has 0 aliphatic carbocycles. The molecule has 25 heavy (non-hydrogen) atoms. The average Bonchev–Trinajstić information content (AvgIpc) is 3.18. The van der Waals surface area contributed by atoms with Gasteiger partial charge in [0, 0.05) is 6.20 Å². The number of aromatic amines is 1. The molecular formula is C16H18N4O5. The van der Waals surface area contributed by atoms with Crippen LogP contribution in [0.1, 0.15) is 47.3 Å². The molecule has 2 rings (SSSR count). The standard InChI is InChI=1S/C16H18N4O5/c1-4-23-15(21)11-6-12(25-9(11)3)13(16(22)24-5-2)19-14-10(7-17)8-18-20-14/h6,8,13H,4-5H2,1-3H3,(H2,18,19,20). The van der Waals surface area contributed by atoms with Crippen molar-refractivity contribution in [2.45, 2.75) is 26.8 Å². The lowest BCUT2D eigenvalue weighted by Gasteiger charge is -2.14. The van der Waals surface area contributed by atoms with Crippen molar-refractivity contribution in [1.29, 1.82) is 5.26 Å². The Hall–Kier alpha value is -3.28. The quantitative estimate of drug-likeness (QED) is 0.729. The second-order valence-electron chi connectivity index (χ2n) is 4.93. The smallest absolute Gasteiger partial charge is 0.341 e. The Morgan fingerprint density at radius 1 is 1.40 bits per heavy atom. The van der Waals surface area contributed by atoms with Crippen LogP contribution in [-0.4, -0.2) is 35.3 Å². The molecule has 0 fully saturated rings. The van der Waals surface area contributed by atoms with Crippen LogP contribution in [-0.2, 0) is 14.3 Å². The zero-order valence-electron chi connectivity index (χ0n) is 14.1.